The lowest BCUT2D eigenvalue weighted by molar-refractivity contribution is -0.138. The van der Waals surface area contributed by atoms with Crippen molar-refractivity contribution in [2.45, 2.75) is 43.2 Å². The fourth-order valence-electron chi connectivity index (χ4n) is 5.29. The molecule has 1 N–H and O–H groups in total. The predicted molar refractivity (Wildman–Crippen MR) is 122 cm³/mol. The van der Waals surface area contributed by atoms with Crippen molar-refractivity contribution >= 4 is 33.9 Å². The van der Waals surface area contributed by atoms with Crippen LogP contribution < -0.4 is 0 Å². The molecule has 1 atom stereocenters. The highest BCUT2D eigenvalue weighted by atomic mass is 79.9. The minimum Gasteiger partial charge on any atom is -0.481 e. The number of fused-ring (bicyclic) bond motifs is 2. The van der Waals surface area contributed by atoms with Gasteiger partial charge in [0, 0.05) is 29.1 Å². The first-order valence-electron chi connectivity index (χ1n) is 10.7. The SMILES string of the molecule is O=C(O)CC1CC2(CCN(C(=O)C=Cc3ccccc3C(F)(F)F)CC2)c2c(Br)cccc21. The van der Waals surface area contributed by atoms with Gasteiger partial charge in [-0.1, -0.05) is 46.3 Å². The zero-order chi connectivity index (χ0) is 23.8. The summed E-state index contributed by atoms with van der Waals surface area (Å²) < 4.78 is 40.5. The number of nitrogens with zero attached hydrogens (tertiary/aromatic N) is 1. The van der Waals surface area contributed by atoms with E-state index in [1.54, 1.807) is 4.90 Å². The molecule has 1 spiro atoms. The second-order valence-electron chi connectivity index (χ2n) is 8.73. The van der Waals surface area contributed by atoms with Gasteiger partial charge in [0.1, 0.15) is 0 Å². The highest BCUT2D eigenvalue weighted by molar-refractivity contribution is 9.10. The van der Waals surface area contributed by atoms with Crippen molar-refractivity contribution < 1.29 is 27.9 Å². The van der Waals surface area contributed by atoms with Crippen LogP contribution in [0.5, 0.6) is 0 Å². The van der Waals surface area contributed by atoms with Crippen LogP contribution in [0.25, 0.3) is 6.08 Å². The molecule has 4 rings (SSSR count). The van der Waals surface area contributed by atoms with E-state index in [-0.39, 0.29) is 29.2 Å². The number of hydrogen-bond donors (Lipinski definition) is 1. The number of carbonyl (C=O) groups excluding carboxylic acids is 1. The van der Waals surface area contributed by atoms with Crippen molar-refractivity contribution in [2.75, 3.05) is 13.1 Å². The third-order valence-corrected chi connectivity index (χ3v) is 7.44. The van der Waals surface area contributed by atoms with Crippen molar-refractivity contribution in [3.05, 3.63) is 75.3 Å². The second kappa shape index (κ2) is 8.97. The van der Waals surface area contributed by atoms with Crippen LogP contribution in [0.1, 0.15) is 53.9 Å². The third kappa shape index (κ3) is 4.71. The minimum absolute atomic E-state index is 0.0445. The average molecular weight is 522 g/mol. The van der Waals surface area contributed by atoms with Crippen molar-refractivity contribution in [1.82, 2.24) is 4.90 Å². The van der Waals surface area contributed by atoms with Crippen LogP contribution in [-0.4, -0.2) is 35.0 Å². The van der Waals surface area contributed by atoms with E-state index in [9.17, 15) is 27.9 Å². The van der Waals surface area contributed by atoms with Crippen LogP contribution in [0, 0.1) is 0 Å². The number of hydrogen-bond acceptors (Lipinski definition) is 2. The highest BCUT2D eigenvalue weighted by Crippen LogP contribution is 2.55. The number of rotatable bonds is 4. The number of likely N-dealkylation sites (tertiary alicyclic amines) is 1. The lowest BCUT2D eigenvalue weighted by Gasteiger charge is -2.40. The zero-order valence-corrected chi connectivity index (χ0v) is 19.3. The molecule has 2 aromatic rings. The first-order chi connectivity index (χ1) is 15.6. The van der Waals surface area contributed by atoms with Gasteiger partial charge in [0.25, 0.3) is 0 Å². The number of piperidine rings is 1. The van der Waals surface area contributed by atoms with Crippen LogP contribution in [0.2, 0.25) is 0 Å². The number of benzene rings is 2. The van der Waals surface area contributed by atoms with Gasteiger partial charge in [0.2, 0.25) is 5.91 Å². The topological polar surface area (TPSA) is 57.6 Å². The lowest BCUT2D eigenvalue weighted by atomic mass is 9.73. The number of amides is 1. The maximum Gasteiger partial charge on any atom is 0.416 e. The normalized spacial score (nSPS) is 19.8. The van der Waals surface area contributed by atoms with Crippen molar-refractivity contribution in [3.8, 4) is 0 Å². The summed E-state index contributed by atoms with van der Waals surface area (Å²) in [4.78, 5) is 25.8. The van der Waals surface area contributed by atoms with Gasteiger partial charge >= 0.3 is 12.1 Å². The largest absolute Gasteiger partial charge is 0.481 e. The van der Waals surface area contributed by atoms with Crippen LogP contribution in [0.4, 0.5) is 13.2 Å². The van der Waals surface area contributed by atoms with Gasteiger partial charge in [-0.25, -0.2) is 0 Å². The molecule has 1 saturated heterocycles. The molecular formula is C25H23BrF3NO3. The summed E-state index contributed by atoms with van der Waals surface area (Å²) in [6.45, 7) is 0.926. The molecule has 1 heterocycles. The second-order valence-corrected chi connectivity index (χ2v) is 9.58. The summed E-state index contributed by atoms with van der Waals surface area (Å²) >= 11 is 3.64. The quantitative estimate of drug-likeness (QED) is 0.501. The Kier molecular flexibility index (Phi) is 6.40. The molecule has 2 aliphatic rings. The molecule has 0 saturated carbocycles. The number of halogens is 4. The predicted octanol–water partition coefficient (Wildman–Crippen LogP) is 6.00. The fourth-order valence-corrected chi connectivity index (χ4v) is 6.10. The van der Waals surface area contributed by atoms with Gasteiger partial charge < -0.3 is 10.0 Å². The Balaban J connectivity index is 1.49. The summed E-state index contributed by atoms with van der Waals surface area (Å²) in [5, 5.41) is 9.35. The maximum atomic E-state index is 13.2. The monoisotopic (exact) mass is 521 g/mol. The van der Waals surface area contributed by atoms with Gasteiger partial charge in [-0.05, 0) is 60.1 Å². The van der Waals surface area contributed by atoms with E-state index in [4.69, 9.17) is 0 Å². The number of carbonyl (C=O) groups is 2. The molecule has 1 aliphatic carbocycles. The van der Waals surface area contributed by atoms with E-state index in [1.165, 1.54) is 30.4 Å². The van der Waals surface area contributed by atoms with Gasteiger partial charge in [-0.15, -0.1) is 0 Å². The molecule has 2 aromatic carbocycles. The Morgan fingerprint density at radius 3 is 2.48 bits per heavy atom. The summed E-state index contributed by atoms with van der Waals surface area (Å²) in [6, 6.07) is 11.0. The molecule has 0 bridgehead atoms. The Bertz CT molecular complexity index is 1100. The molecule has 4 nitrogen and oxygen atoms in total. The third-order valence-electron chi connectivity index (χ3n) is 6.78. The Labute approximate surface area is 198 Å². The number of aliphatic carboxylic acids is 1. The first kappa shape index (κ1) is 23.5. The van der Waals surface area contributed by atoms with Crippen LogP contribution in [0.15, 0.2) is 53.0 Å². The van der Waals surface area contributed by atoms with Crippen molar-refractivity contribution in [1.29, 1.82) is 0 Å². The smallest absolute Gasteiger partial charge is 0.416 e. The molecule has 1 aliphatic heterocycles. The van der Waals surface area contributed by atoms with Crippen LogP contribution >= 0.6 is 15.9 Å². The molecule has 174 valence electrons. The van der Waals surface area contributed by atoms with Crippen LogP contribution in [0.3, 0.4) is 0 Å². The Morgan fingerprint density at radius 2 is 1.82 bits per heavy atom. The van der Waals surface area contributed by atoms with E-state index < -0.39 is 17.7 Å². The summed E-state index contributed by atoms with van der Waals surface area (Å²) in [7, 11) is 0. The summed E-state index contributed by atoms with van der Waals surface area (Å²) in [5.41, 5.74) is 1.16. The van der Waals surface area contributed by atoms with Crippen molar-refractivity contribution in [3.63, 3.8) is 0 Å². The maximum absolute atomic E-state index is 13.2. The standard InChI is InChI=1S/C25H23BrF3NO3/c26-20-7-3-5-18-17(14-22(32)33)15-24(23(18)20)10-12-30(13-11-24)21(31)9-8-16-4-1-2-6-19(16)25(27,28)29/h1-9,17H,10-15H2,(H,32,33). The fraction of sp³-hybridized carbons (Fsp3) is 0.360. The van der Waals surface area contributed by atoms with Gasteiger partial charge in [0.05, 0.1) is 12.0 Å². The Hall–Kier alpha value is -2.61. The molecule has 1 fully saturated rings. The number of carboxylic acid groups (broad SMARTS) is 1. The summed E-state index contributed by atoms with van der Waals surface area (Å²) in [5.74, 6) is -1.23. The number of alkyl halides is 3. The van der Waals surface area contributed by atoms with E-state index in [2.05, 4.69) is 15.9 Å². The summed E-state index contributed by atoms with van der Waals surface area (Å²) in [6.07, 6.45) is 0.0730. The minimum atomic E-state index is -4.49. The first-order valence-corrected chi connectivity index (χ1v) is 11.5. The molecule has 1 amide bonds. The lowest BCUT2D eigenvalue weighted by Crippen LogP contribution is -2.44. The van der Waals surface area contributed by atoms with Gasteiger partial charge in [-0.2, -0.15) is 13.2 Å². The molecule has 33 heavy (non-hydrogen) atoms. The van der Waals surface area contributed by atoms with Crippen molar-refractivity contribution in [2.24, 2.45) is 0 Å². The molecule has 1 unspecified atom stereocenters. The zero-order valence-electron chi connectivity index (χ0n) is 17.7. The average Bonchev–Trinajstić information content (AvgIpc) is 3.05. The Morgan fingerprint density at radius 1 is 1.12 bits per heavy atom. The highest BCUT2D eigenvalue weighted by Gasteiger charge is 2.47. The molecular weight excluding hydrogens is 499 g/mol. The van der Waals surface area contributed by atoms with E-state index in [0.717, 1.165) is 21.7 Å². The van der Waals surface area contributed by atoms with E-state index in [0.29, 0.717) is 32.4 Å². The molecule has 0 radical (unpaired) electrons. The molecule has 0 aromatic heterocycles. The number of carboxylic acids is 1. The van der Waals surface area contributed by atoms with Gasteiger partial charge in [-0.3, -0.25) is 9.59 Å². The van der Waals surface area contributed by atoms with E-state index in [1.807, 2.05) is 18.2 Å². The van der Waals surface area contributed by atoms with Gasteiger partial charge in [0.15, 0.2) is 0 Å². The molecule has 8 heteroatoms. The van der Waals surface area contributed by atoms with E-state index >= 15 is 0 Å². The van der Waals surface area contributed by atoms with Crippen LogP contribution in [-0.2, 0) is 21.2 Å².